The molecule has 314 valence electrons. The van der Waals surface area contributed by atoms with Crippen molar-refractivity contribution in [3.05, 3.63) is 151 Å². The van der Waals surface area contributed by atoms with E-state index in [0.29, 0.717) is 43.3 Å². The Labute approximate surface area is 371 Å². The summed E-state index contributed by atoms with van der Waals surface area (Å²) >= 11 is 39.8. The molecule has 2 N–H and O–H groups in total. The van der Waals surface area contributed by atoms with Crippen LogP contribution in [0.4, 0.5) is 11.4 Å². The van der Waals surface area contributed by atoms with E-state index in [9.17, 15) is 34.6 Å². The molecular weight excluding hydrogens is 921 g/mol. The van der Waals surface area contributed by atoms with E-state index in [0.717, 1.165) is 23.6 Å². The van der Waals surface area contributed by atoms with Crippen molar-refractivity contribution in [1.29, 1.82) is 0 Å². The number of rotatable bonds is 7. The van der Waals surface area contributed by atoms with Crippen LogP contribution < -0.4 is 5.56 Å². The monoisotopic (exact) mass is 950 g/mol. The van der Waals surface area contributed by atoms with Crippen LogP contribution in [0.5, 0.6) is 0 Å². The average Bonchev–Trinajstić information content (AvgIpc) is 3.18. The second kappa shape index (κ2) is 25.6. The number of carbonyl (C=O) groups is 2. The molecule has 0 amide bonds. The highest BCUT2D eigenvalue weighted by Gasteiger charge is 2.21. The second-order valence-corrected chi connectivity index (χ2v) is 13.0. The molecule has 15 nitrogen and oxygen atoms in total. The fourth-order valence-electron chi connectivity index (χ4n) is 4.27. The SMILES string of the molecule is C.CC.CCOC(=O)c1ccc(Cl)cc1[N+](=O)[O-].ClCc1nc(Cl)c2ccc(Cl)cc2n1.O=C(O)c1ccc(Cl)cc1[N+](=O)[O-].O=c1[nH]c(CCl)nc2cc(Cl)ccc12. The second-order valence-electron chi connectivity index (χ2n) is 10.4. The molecule has 22 heteroatoms. The minimum Gasteiger partial charge on any atom is -0.477 e. The standard InChI is InChI=1S/C9H5Cl3N2.C9H6Cl2N2O.C9H8ClNO4.C7H4ClNO4.C2H6.CH4/c10-4-8-13-7-3-5(11)1-2-6(7)9(12)14-8;10-4-8-12-7-3-5(11)1-2-6(7)9(14)13-8;1-2-15-9(12)7-4-3-6(10)5-8(7)11(13)14;8-4-1-2-5(7(10)11)6(3-4)9(12)13;1-2;/h1-3H,4H2;1-3H,4H2,(H,12,13,14);3-5H,2H2,1H3;1-3H,(H,10,11);1-2H3;1H4. The smallest absolute Gasteiger partial charge is 0.345 e. The lowest BCUT2D eigenvalue weighted by Gasteiger charge is -2.02. The maximum absolute atomic E-state index is 11.5. The third-order valence-corrected chi connectivity index (χ3v) is 8.38. The summed E-state index contributed by atoms with van der Waals surface area (Å²) in [4.78, 5) is 67.8. The molecule has 0 spiro atoms. The van der Waals surface area contributed by atoms with Crippen LogP contribution in [0.2, 0.25) is 25.2 Å². The molecule has 0 radical (unpaired) electrons. The Morgan fingerprint density at radius 1 is 0.712 bits per heavy atom. The van der Waals surface area contributed by atoms with Crippen LogP contribution >= 0.6 is 81.2 Å². The minimum atomic E-state index is -1.34. The Morgan fingerprint density at radius 2 is 1.17 bits per heavy atom. The summed E-state index contributed by atoms with van der Waals surface area (Å²) in [7, 11) is 0. The van der Waals surface area contributed by atoms with Crippen molar-refractivity contribution in [1.82, 2.24) is 19.9 Å². The third-order valence-electron chi connectivity index (χ3n) is 6.66. The number of nitrogens with one attached hydrogen (secondary N) is 1. The summed E-state index contributed by atoms with van der Waals surface area (Å²) in [5, 5.41) is 32.8. The van der Waals surface area contributed by atoms with Gasteiger partial charge in [0, 0.05) is 37.6 Å². The Kier molecular flexibility index (Phi) is 22.6. The number of hydrogen-bond donors (Lipinski definition) is 2. The summed E-state index contributed by atoms with van der Waals surface area (Å²) in [5.41, 5.74) is -0.214. The number of aromatic nitrogens is 4. The number of nitrogens with zero attached hydrogens (tertiary/aromatic N) is 5. The van der Waals surface area contributed by atoms with E-state index < -0.39 is 27.5 Å². The van der Waals surface area contributed by atoms with Crippen molar-refractivity contribution in [2.24, 2.45) is 0 Å². The number of nitro benzene ring substituents is 2. The Hall–Kier alpha value is -4.87. The van der Waals surface area contributed by atoms with Gasteiger partial charge in [-0.3, -0.25) is 25.0 Å². The van der Waals surface area contributed by atoms with Gasteiger partial charge in [-0.05, 0) is 67.6 Å². The number of alkyl halides is 2. The van der Waals surface area contributed by atoms with Crippen LogP contribution in [0.3, 0.4) is 0 Å². The number of ether oxygens (including phenoxy) is 1. The number of nitro groups is 2. The number of halogens is 7. The van der Waals surface area contributed by atoms with Gasteiger partial charge in [-0.25, -0.2) is 24.5 Å². The van der Waals surface area contributed by atoms with Gasteiger partial charge in [0.2, 0.25) is 0 Å². The van der Waals surface area contributed by atoms with Crippen LogP contribution in [0, 0.1) is 20.2 Å². The van der Waals surface area contributed by atoms with Crippen molar-refractivity contribution in [3.63, 3.8) is 0 Å². The summed E-state index contributed by atoms with van der Waals surface area (Å²) in [6.45, 7) is 5.79. The first-order valence-corrected chi connectivity index (χ1v) is 19.2. The Morgan fingerprint density at radius 3 is 1.64 bits per heavy atom. The zero-order valence-corrected chi connectivity index (χ0v) is 35.4. The van der Waals surface area contributed by atoms with Crippen LogP contribution in [-0.2, 0) is 16.5 Å². The van der Waals surface area contributed by atoms with Gasteiger partial charge in [-0.1, -0.05) is 79.3 Å². The third kappa shape index (κ3) is 15.7. The van der Waals surface area contributed by atoms with Crippen LogP contribution in [0.15, 0.2) is 77.6 Å². The molecule has 0 bridgehead atoms. The van der Waals surface area contributed by atoms with Gasteiger partial charge in [0.25, 0.3) is 16.9 Å². The van der Waals surface area contributed by atoms with E-state index in [-0.39, 0.29) is 58.2 Å². The number of H-pyrrole nitrogens is 1. The molecule has 0 aliphatic heterocycles. The molecule has 0 saturated heterocycles. The van der Waals surface area contributed by atoms with Gasteiger partial charge < -0.3 is 14.8 Å². The van der Waals surface area contributed by atoms with Gasteiger partial charge in [0.1, 0.15) is 27.9 Å². The van der Waals surface area contributed by atoms with Gasteiger partial charge in [0.05, 0.1) is 44.6 Å². The molecule has 2 heterocycles. The maximum Gasteiger partial charge on any atom is 0.345 e. The lowest BCUT2D eigenvalue weighted by atomic mass is 10.2. The molecule has 6 rings (SSSR count). The summed E-state index contributed by atoms with van der Waals surface area (Å²) in [6, 6.07) is 17.4. The highest BCUT2D eigenvalue weighted by atomic mass is 35.5. The molecule has 2 aromatic heterocycles. The van der Waals surface area contributed by atoms with Crippen LogP contribution in [0.1, 0.15) is 60.6 Å². The fourth-order valence-corrected chi connectivity index (χ4v) is 5.44. The minimum absolute atomic E-state index is 0. The lowest BCUT2D eigenvalue weighted by molar-refractivity contribution is -0.385. The van der Waals surface area contributed by atoms with E-state index in [1.807, 2.05) is 13.8 Å². The van der Waals surface area contributed by atoms with Crippen molar-refractivity contribution in [2.45, 2.75) is 40.0 Å². The molecule has 0 atom stereocenters. The van der Waals surface area contributed by atoms with E-state index in [4.69, 9.17) is 86.3 Å². The molecule has 59 heavy (non-hydrogen) atoms. The number of fused-ring (bicyclic) bond motifs is 2. The molecule has 0 unspecified atom stereocenters. The quantitative estimate of drug-likeness (QED) is 0.0501. The fraction of sp³-hybridized carbons (Fsp3) is 0.189. The van der Waals surface area contributed by atoms with Gasteiger partial charge in [0.15, 0.2) is 0 Å². The van der Waals surface area contributed by atoms with Crippen molar-refractivity contribution in [2.75, 3.05) is 6.61 Å². The summed E-state index contributed by atoms with van der Waals surface area (Å²) < 4.78 is 4.67. The zero-order valence-electron chi connectivity index (χ0n) is 30.1. The molecule has 4 aromatic carbocycles. The van der Waals surface area contributed by atoms with Gasteiger partial charge in [-0.2, -0.15) is 0 Å². The number of carboxylic acids is 1. The highest BCUT2D eigenvalue weighted by molar-refractivity contribution is 6.35. The number of benzene rings is 4. The normalized spacial score (nSPS) is 9.80. The number of esters is 1. The first-order valence-electron chi connectivity index (χ1n) is 16.2. The number of aromatic amines is 1. The number of carbonyl (C=O) groups excluding carboxylic acids is 1. The summed E-state index contributed by atoms with van der Waals surface area (Å²) in [6.07, 6.45) is 0. The summed E-state index contributed by atoms with van der Waals surface area (Å²) in [5.74, 6) is -0.693. The van der Waals surface area contributed by atoms with Crippen LogP contribution in [-0.4, -0.2) is 53.4 Å². The molecular formula is C37H33Cl7N6O9. The van der Waals surface area contributed by atoms with E-state index in [1.54, 1.807) is 43.3 Å². The van der Waals surface area contributed by atoms with Crippen LogP contribution in [0.25, 0.3) is 21.8 Å². The Bertz CT molecular complexity index is 2490. The maximum atomic E-state index is 11.5. The van der Waals surface area contributed by atoms with E-state index in [2.05, 4.69) is 24.7 Å². The predicted octanol–water partition coefficient (Wildman–Crippen LogP) is 12.0. The van der Waals surface area contributed by atoms with E-state index >= 15 is 0 Å². The molecule has 6 aromatic rings. The molecule has 0 fully saturated rings. The van der Waals surface area contributed by atoms with Crippen molar-refractivity contribution in [3.8, 4) is 0 Å². The largest absolute Gasteiger partial charge is 0.477 e. The van der Waals surface area contributed by atoms with Crippen molar-refractivity contribution >= 4 is 126 Å². The number of carboxylic acid groups (broad SMARTS) is 1. The molecule has 0 saturated carbocycles. The number of aromatic carboxylic acids is 1. The van der Waals surface area contributed by atoms with Gasteiger partial charge >= 0.3 is 11.9 Å². The molecule has 0 aliphatic carbocycles. The topological polar surface area (TPSA) is 221 Å². The van der Waals surface area contributed by atoms with Gasteiger partial charge in [-0.15, -0.1) is 23.2 Å². The Balaban J connectivity index is 0.000000386. The first kappa shape index (κ1) is 52.1. The molecule has 0 aliphatic rings. The zero-order chi connectivity index (χ0) is 43.7. The average molecular weight is 954 g/mol. The first-order chi connectivity index (χ1) is 27.5. The highest BCUT2D eigenvalue weighted by Crippen LogP contribution is 2.26. The van der Waals surface area contributed by atoms with Crippen molar-refractivity contribution < 1.29 is 29.3 Å². The number of hydrogen-bond acceptors (Lipinski definition) is 11. The lowest BCUT2D eigenvalue weighted by Crippen LogP contribution is -2.10. The van der Waals surface area contributed by atoms with E-state index in [1.165, 1.54) is 18.2 Å². The predicted molar refractivity (Wildman–Crippen MR) is 233 cm³/mol.